The summed E-state index contributed by atoms with van der Waals surface area (Å²) in [5.74, 6) is 3.11. The summed E-state index contributed by atoms with van der Waals surface area (Å²) in [6, 6.07) is 17.6. The molecule has 176 valence electrons. The van der Waals surface area contributed by atoms with Gasteiger partial charge in [-0.1, -0.05) is 18.2 Å². The van der Waals surface area contributed by atoms with Gasteiger partial charge >= 0.3 is 0 Å². The highest BCUT2D eigenvalue weighted by atomic mass is 16.5. The summed E-state index contributed by atoms with van der Waals surface area (Å²) in [5, 5.41) is 3.34. The molecule has 0 radical (unpaired) electrons. The van der Waals surface area contributed by atoms with Gasteiger partial charge in [0.2, 0.25) is 5.95 Å². The number of anilines is 3. The van der Waals surface area contributed by atoms with Gasteiger partial charge in [0.25, 0.3) is 5.91 Å². The highest BCUT2D eigenvalue weighted by molar-refractivity contribution is 5.82. The SMILES string of the molecule is COc1ccc(Nc2cc(C)nc(N3CCN(C(=O)C4CCc5ccccc5O4)CC3)n2)cc1. The van der Waals surface area contributed by atoms with Gasteiger partial charge in [-0.2, -0.15) is 4.98 Å². The van der Waals surface area contributed by atoms with Crippen LogP contribution in [-0.4, -0.2) is 60.2 Å². The standard InChI is InChI=1S/C26H29N5O3/c1-18-17-24(28-20-8-10-21(33-2)11-9-20)29-26(27-18)31-15-13-30(14-16-31)25(32)23-12-7-19-5-3-4-6-22(19)34-23/h3-6,8-11,17,23H,7,12-16H2,1-2H3,(H,27,28,29). The normalized spacial score (nSPS) is 17.5. The number of rotatable bonds is 5. The van der Waals surface area contributed by atoms with Gasteiger partial charge in [0.05, 0.1) is 7.11 Å². The molecule has 5 rings (SSSR count). The van der Waals surface area contributed by atoms with Crippen molar-refractivity contribution in [3.63, 3.8) is 0 Å². The van der Waals surface area contributed by atoms with Gasteiger partial charge in [0.15, 0.2) is 6.10 Å². The Bertz CT molecular complexity index is 1160. The number of carbonyl (C=O) groups excluding carboxylic acids is 1. The number of aromatic nitrogens is 2. The molecule has 3 aromatic rings. The minimum Gasteiger partial charge on any atom is -0.497 e. The van der Waals surface area contributed by atoms with Crippen molar-refractivity contribution in [3.8, 4) is 11.5 Å². The molecular formula is C26H29N5O3. The molecule has 8 nitrogen and oxygen atoms in total. The lowest BCUT2D eigenvalue weighted by Crippen LogP contribution is -2.53. The van der Waals surface area contributed by atoms with Crippen LogP contribution in [0.3, 0.4) is 0 Å². The van der Waals surface area contributed by atoms with Crippen molar-refractivity contribution >= 4 is 23.4 Å². The molecule has 1 fully saturated rings. The van der Waals surface area contributed by atoms with E-state index in [0.717, 1.165) is 41.5 Å². The smallest absolute Gasteiger partial charge is 0.263 e. The maximum absolute atomic E-state index is 13.1. The van der Waals surface area contributed by atoms with Crippen LogP contribution < -0.4 is 19.7 Å². The Morgan fingerprint density at radius 3 is 2.59 bits per heavy atom. The molecule has 1 saturated heterocycles. The molecule has 0 saturated carbocycles. The minimum atomic E-state index is -0.406. The molecule has 1 amide bonds. The lowest BCUT2D eigenvalue weighted by Gasteiger charge is -2.37. The number of aryl methyl sites for hydroxylation is 2. The zero-order chi connectivity index (χ0) is 23.5. The molecule has 1 unspecified atom stereocenters. The molecule has 2 aromatic carbocycles. The number of methoxy groups -OCH3 is 1. The quantitative estimate of drug-likeness (QED) is 0.625. The van der Waals surface area contributed by atoms with Crippen molar-refractivity contribution in [1.82, 2.24) is 14.9 Å². The predicted molar refractivity (Wildman–Crippen MR) is 131 cm³/mol. The Kier molecular flexibility index (Phi) is 6.20. The first kappa shape index (κ1) is 22.0. The number of piperazine rings is 1. The monoisotopic (exact) mass is 459 g/mol. The highest BCUT2D eigenvalue weighted by Gasteiger charge is 2.32. The maximum Gasteiger partial charge on any atom is 0.263 e. The number of hydrogen-bond acceptors (Lipinski definition) is 7. The lowest BCUT2D eigenvalue weighted by atomic mass is 10.0. The molecule has 0 bridgehead atoms. The molecule has 2 aliphatic rings. The summed E-state index contributed by atoms with van der Waals surface area (Å²) in [6.07, 6.45) is 1.18. The molecule has 8 heteroatoms. The van der Waals surface area contributed by atoms with E-state index in [2.05, 4.69) is 21.3 Å². The maximum atomic E-state index is 13.1. The van der Waals surface area contributed by atoms with Gasteiger partial charge in [0.1, 0.15) is 17.3 Å². The number of amides is 1. The summed E-state index contributed by atoms with van der Waals surface area (Å²) in [4.78, 5) is 26.5. The van der Waals surface area contributed by atoms with Gasteiger partial charge in [-0.25, -0.2) is 4.98 Å². The number of fused-ring (bicyclic) bond motifs is 1. The van der Waals surface area contributed by atoms with Crippen LogP contribution in [0.25, 0.3) is 0 Å². The lowest BCUT2D eigenvalue weighted by molar-refractivity contribution is -0.139. The zero-order valence-corrected chi connectivity index (χ0v) is 19.5. The first-order valence-corrected chi connectivity index (χ1v) is 11.6. The third kappa shape index (κ3) is 4.76. The van der Waals surface area contributed by atoms with Crippen LogP contribution >= 0.6 is 0 Å². The van der Waals surface area contributed by atoms with Crippen LogP contribution in [0.1, 0.15) is 17.7 Å². The van der Waals surface area contributed by atoms with E-state index in [1.807, 2.05) is 60.4 Å². The van der Waals surface area contributed by atoms with Crippen molar-refractivity contribution in [1.29, 1.82) is 0 Å². The van der Waals surface area contributed by atoms with Gasteiger partial charge in [-0.05, 0) is 55.7 Å². The first-order valence-electron chi connectivity index (χ1n) is 11.6. The van der Waals surface area contributed by atoms with E-state index < -0.39 is 6.10 Å². The molecule has 2 aliphatic heterocycles. The van der Waals surface area contributed by atoms with E-state index >= 15 is 0 Å². The van der Waals surface area contributed by atoms with Gasteiger partial charge in [-0.3, -0.25) is 4.79 Å². The van der Waals surface area contributed by atoms with Crippen LogP contribution in [-0.2, 0) is 11.2 Å². The Balaban J connectivity index is 1.21. The number of carbonyl (C=O) groups is 1. The fraction of sp³-hybridized carbons (Fsp3) is 0.346. The van der Waals surface area contributed by atoms with E-state index in [4.69, 9.17) is 14.5 Å². The number of benzene rings is 2. The second-order valence-corrected chi connectivity index (χ2v) is 8.61. The van der Waals surface area contributed by atoms with Gasteiger partial charge in [-0.15, -0.1) is 0 Å². The molecule has 0 aliphatic carbocycles. The van der Waals surface area contributed by atoms with Crippen molar-refractivity contribution in [3.05, 3.63) is 65.9 Å². The van der Waals surface area contributed by atoms with Crippen molar-refractivity contribution in [2.24, 2.45) is 0 Å². The molecular weight excluding hydrogens is 430 g/mol. The predicted octanol–water partition coefficient (Wildman–Crippen LogP) is 3.58. The minimum absolute atomic E-state index is 0.0705. The second-order valence-electron chi connectivity index (χ2n) is 8.61. The highest BCUT2D eigenvalue weighted by Crippen LogP contribution is 2.28. The summed E-state index contributed by atoms with van der Waals surface area (Å²) >= 11 is 0. The zero-order valence-electron chi connectivity index (χ0n) is 19.5. The van der Waals surface area contributed by atoms with Crippen LogP contribution in [0, 0.1) is 6.92 Å². The van der Waals surface area contributed by atoms with Crippen molar-refractivity contribution in [2.75, 3.05) is 43.5 Å². The summed E-state index contributed by atoms with van der Waals surface area (Å²) in [7, 11) is 1.65. The Labute approximate surface area is 199 Å². The van der Waals surface area contributed by atoms with Crippen LogP contribution in [0.4, 0.5) is 17.5 Å². The van der Waals surface area contributed by atoms with Crippen molar-refractivity contribution < 1.29 is 14.3 Å². The molecule has 3 heterocycles. The summed E-state index contributed by atoms with van der Waals surface area (Å²) in [5.41, 5.74) is 2.98. The van der Waals surface area contributed by atoms with Crippen molar-refractivity contribution in [2.45, 2.75) is 25.9 Å². The number of hydrogen-bond donors (Lipinski definition) is 1. The average Bonchev–Trinajstić information content (AvgIpc) is 2.88. The van der Waals surface area contributed by atoms with E-state index in [9.17, 15) is 4.79 Å². The molecule has 1 aromatic heterocycles. The Hall–Kier alpha value is -3.81. The third-order valence-electron chi connectivity index (χ3n) is 6.27. The van der Waals surface area contributed by atoms with Gasteiger partial charge in [0, 0.05) is 43.6 Å². The number of nitrogens with zero attached hydrogens (tertiary/aromatic N) is 4. The Morgan fingerprint density at radius 1 is 1.06 bits per heavy atom. The van der Waals surface area contributed by atoms with Gasteiger partial charge < -0.3 is 24.6 Å². The largest absolute Gasteiger partial charge is 0.497 e. The second kappa shape index (κ2) is 9.59. The molecule has 0 spiro atoms. The van der Waals surface area contributed by atoms with E-state index in [1.54, 1.807) is 7.11 Å². The number of para-hydroxylation sites is 1. The summed E-state index contributed by atoms with van der Waals surface area (Å²) in [6.45, 7) is 4.57. The third-order valence-corrected chi connectivity index (χ3v) is 6.27. The van der Waals surface area contributed by atoms with E-state index in [1.165, 1.54) is 5.56 Å². The fourth-order valence-corrected chi connectivity index (χ4v) is 4.41. The first-order chi connectivity index (χ1) is 16.6. The molecule has 1 atom stereocenters. The summed E-state index contributed by atoms with van der Waals surface area (Å²) < 4.78 is 11.2. The number of nitrogens with one attached hydrogen (secondary N) is 1. The molecule has 1 N–H and O–H groups in total. The van der Waals surface area contributed by atoms with Crippen LogP contribution in [0.15, 0.2) is 54.6 Å². The molecule has 34 heavy (non-hydrogen) atoms. The average molecular weight is 460 g/mol. The van der Waals surface area contributed by atoms with Crippen LogP contribution in [0.2, 0.25) is 0 Å². The van der Waals surface area contributed by atoms with E-state index in [-0.39, 0.29) is 5.91 Å². The number of ether oxygens (including phenoxy) is 2. The Morgan fingerprint density at radius 2 is 1.82 bits per heavy atom. The topological polar surface area (TPSA) is 79.8 Å². The van der Waals surface area contributed by atoms with Crippen LogP contribution in [0.5, 0.6) is 11.5 Å². The fourth-order valence-electron chi connectivity index (χ4n) is 4.41. The van der Waals surface area contributed by atoms with E-state index in [0.29, 0.717) is 32.1 Å².